The molecule has 1 heterocycles. The second kappa shape index (κ2) is 8.12. The number of hydrogen-bond donors (Lipinski definition) is 0. The quantitative estimate of drug-likeness (QED) is 0.694. The molecule has 0 saturated carbocycles. The van der Waals surface area contributed by atoms with Gasteiger partial charge >= 0.3 is 0 Å². The number of fused-ring (bicyclic) bond motifs is 1. The van der Waals surface area contributed by atoms with Crippen LogP contribution in [0, 0.1) is 17.2 Å². The molecule has 0 aliphatic heterocycles. The van der Waals surface area contributed by atoms with Crippen molar-refractivity contribution in [1.82, 2.24) is 10.2 Å². The predicted molar refractivity (Wildman–Crippen MR) is 113 cm³/mol. The van der Waals surface area contributed by atoms with E-state index in [0.717, 1.165) is 28.4 Å². The summed E-state index contributed by atoms with van der Waals surface area (Å²) in [6.07, 6.45) is 12.5. The van der Waals surface area contributed by atoms with Crippen molar-refractivity contribution in [2.75, 3.05) is 0 Å². The number of hydrogen-bond acceptors (Lipinski definition) is 5. The fourth-order valence-corrected chi connectivity index (χ4v) is 4.59. The molecule has 4 rings (SSSR count). The fraction of sp³-hybridized carbons (Fsp3) is 0.348. The first-order chi connectivity index (χ1) is 13.7. The SMILES string of the molecule is CC(C)OC1=CC=C(c2nnc(-c3cccc4c3CCCC4)s2)C=CC1C#N. The maximum absolute atomic E-state index is 9.45. The van der Waals surface area contributed by atoms with Crippen molar-refractivity contribution in [2.45, 2.75) is 45.6 Å². The van der Waals surface area contributed by atoms with E-state index in [9.17, 15) is 5.26 Å². The summed E-state index contributed by atoms with van der Waals surface area (Å²) in [5, 5.41) is 20.2. The van der Waals surface area contributed by atoms with E-state index in [1.807, 2.05) is 38.2 Å². The summed E-state index contributed by atoms with van der Waals surface area (Å²) in [6, 6.07) is 8.81. The van der Waals surface area contributed by atoms with Crippen LogP contribution in [0.4, 0.5) is 0 Å². The molecule has 0 saturated heterocycles. The first kappa shape index (κ1) is 18.6. The van der Waals surface area contributed by atoms with E-state index in [0.29, 0.717) is 5.76 Å². The molecule has 1 atom stereocenters. The molecule has 28 heavy (non-hydrogen) atoms. The van der Waals surface area contributed by atoms with Crippen LogP contribution in [0.5, 0.6) is 0 Å². The van der Waals surface area contributed by atoms with E-state index in [2.05, 4.69) is 34.5 Å². The maximum atomic E-state index is 9.45. The highest BCUT2D eigenvalue weighted by Crippen LogP contribution is 2.35. The Bertz CT molecular complexity index is 1010. The number of rotatable bonds is 4. The molecule has 2 aliphatic carbocycles. The lowest BCUT2D eigenvalue weighted by Crippen LogP contribution is -2.08. The van der Waals surface area contributed by atoms with Crippen LogP contribution in [-0.4, -0.2) is 16.3 Å². The smallest absolute Gasteiger partial charge is 0.148 e. The van der Waals surface area contributed by atoms with E-state index >= 15 is 0 Å². The molecular formula is C23H23N3OS. The Hall–Kier alpha value is -2.71. The molecule has 5 heteroatoms. The van der Waals surface area contributed by atoms with Crippen LogP contribution in [0.3, 0.4) is 0 Å². The Kier molecular flexibility index (Phi) is 5.40. The molecule has 1 aromatic carbocycles. The zero-order valence-electron chi connectivity index (χ0n) is 16.2. The van der Waals surface area contributed by atoms with E-state index in [4.69, 9.17) is 4.74 Å². The number of aryl methyl sites for hydroxylation is 1. The highest BCUT2D eigenvalue weighted by atomic mass is 32.1. The van der Waals surface area contributed by atoms with Gasteiger partial charge in [0.1, 0.15) is 21.7 Å². The Balaban J connectivity index is 1.66. The normalized spacial score (nSPS) is 18.7. The van der Waals surface area contributed by atoms with Crippen molar-refractivity contribution in [3.63, 3.8) is 0 Å². The lowest BCUT2D eigenvalue weighted by atomic mass is 9.88. The van der Waals surface area contributed by atoms with E-state index < -0.39 is 0 Å². The lowest BCUT2D eigenvalue weighted by molar-refractivity contribution is 0.135. The molecule has 0 bridgehead atoms. The molecule has 0 N–H and O–H groups in total. The molecule has 0 radical (unpaired) electrons. The highest BCUT2D eigenvalue weighted by Gasteiger charge is 2.19. The number of nitrogens with zero attached hydrogens (tertiary/aromatic N) is 3. The van der Waals surface area contributed by atoms with Gasteiger partial charge in [0.05, 0.1) is 12.2 Å². The number of nitriles is 1. The zero-order chi connectivity index (χ0) is 19.5. The molecule has 0 fully saturated rings. The van der Waals surface area contributed by atoms with Crippen LogP contribution in [-0.2, 0) is 17.6 Å². The predicted octanol–water partition coefficient (Wildman–Crippen LogP) is 5.49. The standard InChI is InChI=1S/C23H23N3OS/c1-15(2)27-21-13-12-17(10-11-18(21)14-24)22-25-26-23(28-22)20-9-5-7-16-6-3-4-8-19(16)20/h5,7,9-13,15,18H,3-4,6,8H2,1-2H3. The van der Waals surface area contributed by atoms with Crippen molar-refractivity contribution in [3.05, 3.63) is 64.4 Å². The minimum absolute atomic E-state index is 0.0304. The molecule has 1 aromatic heterocycles. The van der Waals surface area contributed by atoms with Crippen LogP contribution < -0.4 is 0 Å². The van der Waals surface area contributed by atoms with Gasteiger partial charge in [0.25, 0.3) is 0 Å². The van der Waals surface area contributed by atoms with Gasteiger partial charge in [-0.15, -0.1) is 10.2 Å². The molecule has 2 aromatic rings. The summed E-state index contributed by atoms with van der Waals surface area (Å²) in [5.41, 5.74) is 5.05. The average molecular weight is 390 g/mol. The van der Waals surface area contributed by atoms with Crippen molar-refractivity contribution >= 4 is 16.9 Å². The van der Waals surface area contributed by atoms with Crippen molar-refractivity contribution < 1.29 is 4.74 Å². The van der Waals surface area contributed by atoms with Gasteiger partial charge in [-0.05, 0) is 62.8 Å². The maximum Gasteiger partial charge on any atom is 0.148 e. The van der Waals surface area contributed by atoms with Crippen LogP contribution in [0.2, 0.25) is 0 Å². The molecular weight excluding hydrogens is 366 g/mol. The topological polar surface area (TPSA) is 58.8 Å². The summed E-state index contributed by atoms with van der Waals surface area (Å²) < 4.78 is 5.81. The third-order valence-corrected chi connectivity index (χ3v) is 6.02. The second-order valence-electron chi connectivity index (χ2n) is 7.39. The lowest BCUT2D eigenvalue weighted by Gasteiger charge is -2.17. The molecule has 0 spiro atoms. The monoisotopic (exact) mass is 389 g/mol. The average Bonchev–Trinajstić information content (AvgIpc) is 3.10. The van der Waals surface area contributed by atoms with Gasteiger partial charge in [-0.25, -0.2) is 0 Å². The van der Waals surface area contributed by atoms with E-state index in [1.54, 1.807) is 11.3 Å². The first-order valence-corrected chi connectivity index (χ1v) is 10.6. The van der Waals surface area contributed by atoms with E-state index in [-0.39, 0.29) is 12.0 Å². The Morgan fingerprint density at radius 3 is 2.79 bits per heavy atom. The third kappa shape index (κ3) is 3.79. The number of ether oxygens (including phenoxy) is 1. The minimum Gasteiger partial charge on any atom is -0.494 e. The van der Waals surface area contributed by atoms with Gasteiger partial charge in [0.2, 0.25) is 0 Å². The Morgan fingerprint density at radius 1 is 1.14 bits per heavy atom. The largest absolute Gasteiger partial charge is 0.494 e. The summed E-state index contributed by atoms with van der Waals surface area (Å²) in [4.78, 5) is 0. The Labute approximate surface area is 169 Å². The number of aromatic nitrogens is 2. The highest BCUT2D eigenvalue weighted by molar-refractivity contribution is 7.15. The first-order valence-electron chi connectivity index (χ1n) is 9.77. The fourth-order valence-electron chi connectivity index (χ4n) is 3.69. The van der Waals surface area contributed by atoms with Gasteiger partial charge in [0, 0.05) is 11.1 Å². The van der Waals surface area contributed by atoms with Gasteiger partial charge in [-0.1, -0.05) is 41.7 Å². The minimum atomic E-state index is -0.385. The molecule has 1 unspecified atom stereocenters. The summed E-state index contributed by atoms with van der Waals surface area (Å²) in [5.74, 6) is 0.287. The van der Waals surface area contributed by atoms with Gasteiger partial charge in [-0.2, -0.15) is 5.26 Å². The van der Waals surface area contributed by atoms with Crippen molar-refractivity contribution in [2.24, 2.45) is 5.92 Å². The van der Waals surface area contributed by atoms with Crippen molar-refractivity contribution in [3.8, 4) is 16.6 Å². The molecule has 2 aliphatic rings. The van der Waals surface area contributed by atoms with Crippen LogP contribution in [0.15, 0.2) is 48.3 Å². The number of benzene rings is 1. The molecule has 0 amide bonds. The third-order valence-electron chi connectivity index (χ3n) is 5.01. The van der Waals surface area contributed by atoms with Crippen molar-refractivity contribution in [1.29, 1.82) is 5.26 Å². The molecule has 142 valence electrons. The van der Waals surface area contributed by atoms with Gasteiger partial charge in [-0.3, -0.25) is 0 Å². The summed E-state index contributed by atoms with van der Waals surface area (Å²) in [7, 11) is 0. The second-order valence-corrected chi connectivity index (χ2v) is 8.36. The number of allylic oxidation sites excluding steroid dienone is 5. The van der Waals surface area contributed by atoms with Gasteiger partial charge in [0.15, 0.2) is 0 Å². The summed E-state index contributed by atoms with van der Waals surface area (Å²) in [6.45, 7) is 3.93. The van der Waals surface area contributed by atoms with Crippen LogP contribution >= 0.6 is 11.3 Å². The van der Waals surface area contributed by atoms with Crippen LogP contribution in [0.1, 0.15) is 42.8 Å². The summed E-state index contributed by atoms with van der Waals surface area (Å²) >= 11 is 1.60. The zero-order valence-corrected chi connectivity index (χ0v) is 17.0. The Morgan fingerprint density at radius 2 is 1.96 bits per heavy atom. The molecule has 4 nitrogen and oxygen atoms in total. The van der Waals surface area contributed by atoms with E-state index in [1.165, 1.54) is 29.5 Å². The van der Waals surface area contributed by atoms with Crippen LogP contribution in [0.25, 0.3) is 16.1 Å². The van der Waals surface area contributed by atoms with Gasteiger partial charge < -0.3 is 4.74 Å².